The molecule has 1 aromatic heterocycles. The molecule has 0 aliphatic carbocycles. The first-order valence-electron chi connectivity index (χ1n) is 6.35. The third-order valence-electron chi connectivity index (χ3n) is 3.07. The number of halogens is 3. The molecule has 1 unspecified atom stereocenters. The third kappa shape index (κ3) is 3.78. The number of ether oxygens (including phenoxy) is 1. The van der Waals surface area contributed by atoms with Crippen LogP contribution in [0.4, 0.5) is 8.78 Å². The van der Waals surface area contributed by atoms with Gasteiger partial charge in [-0.3, -0.25) is 4.68 Å². The molecule has 0 aliphatic rings. The van der Waals surface area contributed by atoms with Crippen LogP contribution in [0, 0.1) is 11.6 Å². The van der Waals surface area contributed by atoms with E-state index in [0.717, 1.165) is 12.1 Å². The largest absolute Gasteiger partial charge is 0.386 e. The minimum atomic E-state index is -0.971. The summed E-state index contributed by atoms with van der Waals surface area (Å²) in [4.78, 5) is 0. The minimum Gasteiger partial charge on any atom is -0.386 e. The van der Waals surface area contributed by atoms with E-state index < -0.39 is 17.7 Å². The van der Waals surface area contributed by atoms with Gasteiger partial charge in [0.2, 0.25) is 0 Å². The van der Waals surface area contributed by atoms with E-state index in [0.29, 0.717) is 29.4 Å². The van der Waals surface area contributed by atoms with Crippen LogP contribution in [0.25, 0.3) is 0 Å². The van der Waals surface area contributed by atoms with Crippen molar-refractivity contribution in [3.8, 4) is 0 Å². The van der Waals surface area contributed by atoms with Gasteiger partial charge in [0.25, 0.3) is 0 Å². The summed E-state index contributed by atoms with van der Waals surface area (Å²) in [5.74, 6) is -1.87. The fourth-order valence-corrected chi connectivity index (χ4v) is 2.31. The average molecular weight is 317 g/mol. The molecule has 0 radical (unpaired) electrons. The van der Waals surface area contributed by atoms with E-state index in [1.54, 1.807) is 7.11 Å². The smallest absolute Gasteiger partial charge is 0.159 e. The summed E-state index contributed by atoms with van der Waals surface area (Å²) in [6, 6.07) is 3.51. The van der Waals surface area contributed by atoms with Gasteiger partial charge in [-0.05, 0) is 17.7 Å². The van der Waals surface area contributed by atoms with Crippen molar-refractivity contribution in [2.24, 2.45) is 0 Å². The number of aliphatic hydroxyl groups is 1. The van der Waals surface area contributed by atoms with Crippen LogP contribution in [-0.2, 0) is 17.7 Å². The van der Waals surface area contributed by atoms with Gasteiger partial charge < -0.3 is 9.84 Å². The van der Waals surface area contributed by atoms with Crippen molar-refractivity contribution in [1.82, 2.24) is 9.78 Å². The first-order chi connectivity index (χ1) is 10.0. The molecular weight excluding hydrogens is 302 g/mol. The average Bonchev–Trinajstić information content (AvgIpc) is 2.81. The lowest BCUT2D eigenvalue weighted by atomic mass is 10.1. The van der Waals surface area contributed by atoms with Gasteiger partial charge in [0.15, 0.2) is 11.6 Å². The Morgan fingerprint density at radius 3 is 2.81 bits per heavy atom. The van der Waals surface area contributed by atoms with Crippen molar-refractivity contribution in [2.75, 3.05) is 13.7 Å². The number of benzene rings is 1. The van der Waals surface area contributed by atoms with E-state index in [1.165, 1.54) is 16.9 Å². The topological polar surface area (TPSA) is 47.3 Å². The summed E-state index contributed by atoms with van der Waals surface area (Å²) in [6.07, 6.45) is 0.568. The highest BCUT2D eigenvalue weighted by atomic mass is 35.5. The second-order valence-electron chi connectivity index (χ2n) is 4.56. The molecule has 0 amide bonds. The molecule has 1 aromatic carbocycles. The maximum absolute atomic E-state index is 13.2. The van der Waals surface area contributed by atoms with Crippen LogP contribution in [0.2, 0.25) is 5.02 Å². The first-order valence-corrected chi connectivity index (χ1v) is 6.73. The van der Waals surface area contributed by atoms with E-state index in [-0.39, 0.29) is 6.42 Å². The Hall–Kier alpha value is -1.50. The number of methoxy groups -OCH3 is 1. The van der Waals surface area contributed by atoms with E-state index in [9.17, 15) is 13.9 Å². The minimum absolute atomic E-state index is 0.107. The fraction of sp³-hybridized carbons (Fsp3) is 0.357. The maximum Gasteiger partial charge on any atom is 0.159 e. The molecule has 0 spiro atoms. The zero-order valence-corrected chi connectivity index (χ0v) is 12.1. The molecule has 0 fully saturated rings. The van der Waals surface area contributed by atoms with E-state index in [4.69, 9.17) is 16.3 Å². The van der Waals surface area contributed by atoms with Crippen LogP contribution in [0.5, 0.6) is 0 Å². The van der Waals surface area contributed by atoms with Crippen molar-refractivity contribution < 1.29 is 18.6 Å². The van der Waals surface area contributed by atoms with Gasteiger partial charge in [0, 0.05) is 13.5 Å². The molecular formula is C14H15ClF2N2O2. The number of rotatable bonds is 6. The molecule has 21 heavy (non-hydrogen) atoms. The van der Waals surface area contributed by atoms with Crippen LogP contribution in [0.3, 0.4) is 0 Å². The van der Waals surface area contributed by atoms with Crippen LogP contribution < -0.4 is 0 Å². The van der Waals surface area contributed by atoms with Gasteiger partial charge in [0.1, 0.15) is 6.10 Å². The normalized spacial score (nSPS) is 12.6. The van der Waals surface area contributed by atoms with Crippen molar-refractivity contribution in [3.63, 3.8) is 0 Å². The fourth-order valence-electron chi connectivity index (χ4n) is 2.05. The van der Waals surface area contributed by atoms with Gasteiger partial charge >= 0.3 is 0 Å². The zero-order chi connectivity index (χ0) is 15.4. The van der Waals surface area contributed by atoms with Gasteiger partial charge in [-0.15, -0.1) is 0 Å². The summed E-state index contributed by atoms with van der Waals surface area (Å²) in [7, 11) is 1.56. The molecule has 0 saturated carbocycles. The lowest BCUT2D eigenvalue weighted by Crippen LogP contribution is -2.14. The SMILES string of the molecule is COCCn1ncc(Cl)c1C(O)Cc1ccc(F)c(F)c1. The predicted octanol–water partition coefficient (Wildman–Crippen LogP) is 2.74. The third-order valence-corrected chi connectivity index (χ3v) is 3.36. The Labute approximate surface area is 125 Å². The summed E-state index contributed by atoms with van der Waals surface area (Å²) >= 11 is 6.02. The number of nitrogens with zero attached hydrogens (tertiary/aromatic N) is 2. The van der Waals surface area contributed by atoms with Crippen molar-refractivity contribution in [1.29, 1.82) is 0 Å². The molecule has 114 valence electrons. The number of aliphatic hydroxyl groups excluding tert-OH is 1. The second-order valence-corrected chi connectivity index (χ2v) is 4.97. The summed E-state index contributed by atoms with van der Waals surface area (Å²) < 4.78 is 32.6. The van der Waals surface area contributed by atoms with Crippen molar-refractivity contribution in [3.05, 3.63) is 52.3 Å². The molecule has 2 aromatic rings. The quantitative estimate of drug-likeness (QED) is 0.891. The number of hydrogen-bond acceptors (Lipinski definition) is 3. The Bertz CT molecular complexity index is 619. The predicted molar refractivity (Wildman–Crippen MR) is 74.1 cm³/mol. The van der Waals surface area contributed by atoms with E-state index >= 15 is 0 Å². The van der Waals surface area contributed by atoms with Crippen molar-refractivity contribution >= 4 is 11.6 Å². The van der Waals surface area contributed by atoms with Crippen molar-refractivity contribution in [2.45, 2.75) is 19.1 Å². The zero-order valence-electron chi connectivity index (χ0n) is 11.4. The number of hydrogen-bond donors (Lipinski definition) is 1. The molecule has 0 aliphatic heterocycles. The first kappa shape index (κ1) is 15.9. The number of aromatic nitrogens is 2. The van der Waals surface area contributed by atoms with E-state index in [2.05, 4.69) is 5.10 Å². The lowest BCUT2D eigenvalue weighted by molar-refractivity contribution is 0.153. The maximum atomic E-state index is 13.2. The Kier molecular flexibility index (Phi) is 5.27. The van der Waals surface area contributed by atoms with Gasteiger partial charge in [0.05, 0.1) is 30.1 Å². The van der Waals surface area contributed by atoms with Gasteiger partial charge in [-0.1, -0.05) is 17.7 Å². The monoisotopic (exact) mass is 316 g/mol. The van der Waals surface area contributed by atoms with Crippen LogP contribution in [-0.4, -0.2) is 28.6 Å². The highest BCUT2D eigenvalue weighted by molar-refractivity contribution is 6.31. The summed E-state index contributed by atoms with van der Waals surface area (Å²) in [5.41, 5.74) is 0.899. The van der Waals surface area contributed by atoms with Crippen LogP contribution in [0.15, 0.2) is 24.4 Å². The molecule has 1 N–H and O–H groups in total. The van der Waals surface area contributed by atoms with Crippen LogP contribution >= 0.6 is 11.6 Å². The highest BCUT2D eigenvalue weighted by Gasteiger charge is 2.19. The van der Waals surface area contributed by atoms with Crippen LogP contribution in [0.1, 0.15) is 17.4 Å². The Morgan fingerprint density at radius 1 is 1.38 bits per heavy atom. The Morgan fingerprint density at radius 2 is 2.14 bits per heavy atom. The lowest BCUT2D eigenvalue weighted by Gasteiger charge is -2.14. The molecule has 2 rings (SSSR count). The second kappa shape index (κ2) is 6.98. The van der Waals surface area contributed by atoms with Gasteiger partial charge in [-0.25, -0.2) is 8.78 Å². The van der Waals surface area contributed by atoms with Gasteiger partial charge in [-0.2, -0.15) is 5.10 Å². The Balaban J connectivity index is 2.17. The molecule has 7 heteroatoms. The molecule has 4 nitrogen and oxygen atoms in total. The highest BCUT2D eigenvalue weighted by Crippen LogP contribution is 2.26. The van der Waals surface area contributed by atoms with E-state index in [1.807, 2.05) is 0 Å². The molecule has 1 atom stereocenters. The summed E-state index contributed by atoms with van der Waals surface area (Å²) in [6.45, 7) is 0.857. The molecule has 0 saturated heterocycles. The molecule has 1 heterocycles. The standard InChI is InChI=1S/C14H15ClF2N2O2/c1-21-5-4-19-14(10(15)8-18-19)13(20)7-9-2-3-11(16)12(17)6-9/h2-3,6,8,13,20H,4-5,7H2,1H3. The summed E-state index contributed by atoms with van der Waals surface area (Å²) in [5, 5.41) is 14.7. The molecule has 0 bridgehead atoms.